The molecular weight excluding hydrogens is 350 g/mol. The molecule has 0 aliphatic rings. The van der Waals surface area contributed by atoms with Crippen molar-refractivity contribution in [3.8, 4) is 0 Å². The maximum absolute atomic E-state index is 12.7. The molecule has 0 spiro atoms. The molecule has 2 aromatic carbocycles. The average Bonchev–Trinajstić information content (AvgIpc) is 2.92. The second kappa shape index (κ2) is 7.72. The number of nitrogens with one attached hydrogen (secondary N) is 2. The highest BCUT2D eigenvalue weighted by Gasteiger charge is 2.18. The van der Waals surface area contributed by atoms with E-state index in [1.807, 2.05) is 31.2 Å². The van der Waals surface area contributed by atoms with Crippen LogP contribution in [0.5, 0.6) is 0 Å². The molecular formula is C20H20ClN3O2. The number of nitrogens with zero attached hydrogens (tertiary/aromatic N) is 1. The van der Waals surface area contributed by atoms with Gasteiger partial charge >= 0.3 is 0 Å². The van der Waals surface area contributed by atoms with E-state index in [1.165, 1.54) is 0 Å². The lowest BCUT2D eigenvalue weighted by Gasteiger charge is -2.16. The molecule has 0 atom stereocenters. The van der Waals surface area contributed by atoms with Crippen molar-refractivity contribution in [2.24, 2.45) is 0 Å². The Bertz CT molecular complexity index is 965. The molecule has 0 radical (unpaired) electrons. The number of aromatic amines is 1. The van der Waals surface area contributed by atoms with Gasteiger partial charge in [0.05, 0.1) is 23.8 Å². The Morgan fingerprint density at radius 2 is 1.77 bits per heavy atom. The van der Waals surface area contributed by atoms with E-state index in [0.717, 1.165) is 16.6 Å². The third-order valence-corrected chi connectivity index (χ3v) is 4.48. The van der Waals surface area contributed by atoms with Crippen molar-refractivity contribution in [2.75, 3.05) is 25.5 Å². The number of carbonyl (C=O) groups is 2. The molecule has 0 saturated heterocycles. The smallest absolute Gasteiger partial charge is 0.238 e. The van der Waals surface area contributed by atoms with Crippen molar-refractivity contribution in [1.82, 2.24) is 9.88 Å². The van der Waals surface area contributed by atoms with E-state index in [0.29, 0.717) is 16.3 Å². The first-order valence-electron chi connectivity index (χ1n) is 8.29. The van der Waals surface area contributed by atoms with Gasteiger partial charge in [0.15, 0.2) is 5.78 Å². The fraction of sp³-hybridized carbons (Fsp3) is 0.200. The van der Waals surface area contributed by atoms with Crippen molar-refractivity contribution in [1.29, 1.82) is 0 Å². The molecule has 6 heteroatoms. The molecule has 0 bridgehead atoms. The summed E-state index contributed by atoms with van der Waals surface area (Å²) in [5, 5.41) is 4.15. The number of aromatic nitrogens is 1. The van der Waals surface area contributed by atoms with Crippen LogP contribution in [-0.4, -0.2) is 41.7 Å². The van der Waals surface area contributed by atoms with Gasteiger partial charge in [0.1, 0.15) is 0 Å². The molecule has 1 amide bonds. The molecule has 1 heterocycles. The molecule has 0 aliphatic heterocycles. The molecule has 5 nitrogen and oxygen atoms in total. The summed E-state index contributed by atoms with van der Waals surface area (Å²) < 4.78 is 0. The highest BCUT2D eigenvalue weighted by Crippen LogP contribution is 2.23. The number of ketones is 1. The lowest BCUT2D eigenvalue weighted by atomic mass is 10.1. The first-order valence-corrected chi connectivity index (χ1v) is 8.67. The van der Waals surface area contributed by atoms with Gasteiger partial charge in [0, 0.05) is 22.2 Å². The van der Waals surface area contributed by atoms with Gasteiger partial charge in [-0.25, -0.2) is 0 Å². The van der Waals surface area contributed by atoms with Crippen molar-refractivity contribution >= 4 is 39.9 Å². The number of fused-ring (bicyclic) bond motifs is 1. The minimum Gasteiger partial charge on any atom is -0.358 e. The number of carbonyl (C=O) groups excluding carboxylic acids is 2. The van der Waals surface area contributed by atoms with E-state index < -0.39 is 0 Å². The summed E-state index contributed by atoms with van der Waals surface area (Å²) in [5.74, 6) is -0.239. The normalized spacial score (nSPS) is 11.1. The number of anilines is 1. The van der Waals surface area contributed by atoms with Crippen LogP contribution in [0.15, 0.2) is 48.5 Å². The lowest BCUT2D eigenvalue weighted by molar-refractivity contribution is -0.116. The fourth-order valence-electron chi connectivity index (χ4n) is 3.01. The van der Waals surface area contributed by atoms with Crippen molar-refractivity contribution in [3.05, 3.63) is 64.8 Å². The number of rotatable bonds is 6. The molecule has 26 heavy (non-hydrogen) atoms. The van der Waals surface area contributed by atoms with Crippen LogP contribution in [0, 0.1) is 6.92 Å². The predicted molar refractivity (Wildman–Crippen MR) is 105 cm³/mol. The van der Waals surface area contributed by atoms with Gasteiger partial charge in [-0.15, -0.1) is 0 Å². The summed E-state index contributed by atoms with van der Waals surface area (Å²) in [5.41, 5.74) is 3.02. The van der Waals surface area contributed by atoms with Crippen LogP contribution in [0.3, 0.4) is 0 Å². The zero-order valence-electron chi connectivity index (χ0n) is 14.7. The van der Waals surface area contributed by atoms with Gasteiger partial charge in [0.2, 0.25) is 5.91 Å². The first-order chi connectivity index (χ1) is 12.5. The highest BCUT2D eigenvalue weighted by molar-refractivity contribution is 6.33. The fourth-order valence-corrected chi connectivity index (χ4v) is 3.20. The number of aryl methyl sites for hydroxylation is 1. The summed E-state index contributed by atoms with van der Waals surface area (Å²) in [4.78, 5) is 29.8. The highest BCUT2D eigenvalue weighted by atomic mass is 35.5. The third-order valence-electron chi connectivity index (χ3n) is 4.15. The van der Waals surface area contributed by atoms with Crippen LogP contribution < -0.4 is 5.32 Å². The summed E-state index contributed by atoms with van der Waals surface area (Å²) in [6.07, 6.45) is 0. The summed E-state index contributed by atoms with van der Waals surface area (Å²) in [6.45, 7) is 2.13. The van der Waals surface area contributed by atoms with Gasteiger partial charge in [-0.1, -0.05) is 41.9 Å². The number of hydrogen-bond acceptors (Lipinski definition) is 3. The summed E-state index contributed by atoms with van der Waals surface area (Å²) in [7, 11) is 1.74. The van der Waals surface area contributed by atoms with Crippen LogP contribution in [-0.2, 0) is 4.79 Å². The molecule has 3 rings (SSSR count). The lowest BCUT2D eigenvalue weighted by Crippen LogP contribution is -2.34. The van der Waals surface area contributed by atoms with E-state index in [9.17, 15) is 9.59 Å². The molecule has 134 valence electrons. The van der Waals surface area contributed by atoms with E-state index in [1.54, 1.807) is 36.2 Å². The quantitative estimate of drug-likeness (QED) is 0.648. The maximum Gasteiger partial charge on any atom is 0.238 e. The molecule has 0 unspecified atom stereocenters. The van der Waals surface area contributed by atoms with Gasteiger partial charge < -0.3 is 10.3 Å². The van der Waals surface area contributed by atoms with Gasteiger partial charge in [0.25, 0.3) is 0 Å². The van der Waals surface area contributed by atoms with E-state index in [-0.39, 0.29) is 24.8 Å². The van der Waals surface area contributed by atoms with Crippen LogP contribution in [0.2, 0.25) is 5.02 Å². The van der Waals surface area contributed by atoms with E-state index in [4.69, 9.17) is 11.6 Å². The maximum atomic E-state index is 12.7. The largest absolute Gasteiger partial charge is 0.358 e. The molecule has 2 N–H and O–H groups in total. The molecule has 0 saturated carbocycles. The van der Waals surface area contributed by atoms with Gasteiger partial charge in [-0.2, -0.15) is 0 Å². The molecule has 0 fully saturated rings. The SMILES string of the molecule is Cc1[nH]c2ccccc2c1C(=O)CN(C)CC(=O)Nc1ccccc1Cl. The Morgan fingerprint density at radius 3 is 2.54 bits per heavy atom. The second-order valence-electron chi connectivity index (χ2n) is 6.29. The number of hydrogen-bond donors (Lipinski definition) is 2. The van der Waals surface area contributed by atoms with Crippen LogP contribution >= 0.6 is 11.6 Å². The number of halogens is 1. The monoisotopic (exact) mass is 369 g/mol. The Labute approximate surface area is 157 Å². The van der Waals surface area contributed by atoms with Gasteiger partial charge in [-0.05, 0) is 32.2 Å². The Balaban J connectivity index is 1.65. The minimum atomic E-state index is -0.218. The summed E-state index contributed by atoms with van der Waals surface area (Å²) in [6, 6.07) is 14.8. The van der Waals surface area contributed by atoms with Crippen molar-refractivity contribution < 1.29 is 9.59 Å². The van der Waals surface area contributed by atoms with Crippen LogP contribution in [0.25, 0.3) is 10.9 Å². The van der Waals surface area contributed by atoms with E-state index in [2.05, 4.69) is 10.3 Å². The minimum absolute atomic E-state index is 0.0204. The molecule has 1 aromatic heterocycles. The van der Waals surface area contributed by atoms with Crippen LogP contribution in [0.1, 0.15) is 16.1 Å². The zero-order valence-corrected chi connectivity index (χ0v) is 15.4. The average molecular weight is 370 g/mol. The van der Waals surface area contributed by atoms with Crippen molar-refractivity contribution in [3.63, 3.8) is 0 Å². The number of amides is 1. The topological polar surface area (TPSA) is 65.2 Å². The van der Waals surface area contributed by atoms with Crippen molar-refractivity contribution in [2.45, 2.75) is 6.92 Å². The molecule has 3 aromatic rings. The second-order valence-corrected chi connectivity index (χ2v) is 6.70. The predicted octanol–water partition coefficient (Wildman–Crippen LogP) is 3.88. The third kappa shape index (κ3) is 3.95. The number of para-hydroxylation sites is 2. The molecule has 0 aliphatic carbocycles. The number of Topliss-reactive ketones (excluding diaryl/α,β-unsaturated/α-hetero) is 1. The zero-order chi connectivity index (χ0) is 18.7. The standard InChI is InChI=1S/C20H20ClN3O2/c1-13-20(14-7-3-5-9-16(14)22-13)18(25)11-24(2)12-19(26)23-17-10-6-4-8-15(17)21/h3-10,22H,11-12H2,1-2H3,(H,23,26). The van der Waals surface area contributed by atoms with E-state index >= 15 is 0 Å². The Hall–Kier alpha value is -2.63. The Morgan fingerprint density at radius 1 is 1.08 bits per heavy atom. The number of likely N-dealkylation sites (N-methyl/N-ethyl adjacent to an activating group) is 1. The summed E-state index contributed by atoms with van der Waals surface area (Å²) >= 11 is 6.04. The first kappa shape index (κ1) is 18.2. The number of H-pyrrole nitrogens is 1. The van der Waals surface area contributed by atoms with Gasteiger partial charge in [-0.3, -0.25) is 14.5 Å². The number of benzene rings is 2. The Kier molecular flexibility index (Phi) is 5.40. The van der Waals surface area contributed by atoms with Crippen LogP contribution in [0.4, 0.5) is 5.69 Å².